The van der Waals surface area contributed by atoms with Crippen molar-refractivity contribution >= 4 is 35.1 Å². The van der Waals surface area contributed by atoms with Gasteiger partial charge in [0.2, 0.25) is 12.7 Å². The van der Waals surface area contributed by atoms with E-state index in [1.165, 1.54) is 11.8 Å². The lowest BCUT2D eigenvalue weighted by molar-refractivity contribution is -0.120. The number of hydrogen-bond acceptors (Lipinski definition) is 7. The molecule has 32 heavy (non-hydrogen) atoms. The zero-order valence-electron chi connectivity index (χ0n) is 17.7. The van der Waals surface area contributed by atoms with Crippen molar-refractivity contribution in [3.8, 4) is 22.6 Å². The van der Waals surface area contributed by atoms with E-state index in [1.54, 1.807) is 0 Å². The Morgan fingerprint density at radius 3 is 2.69 bits per heavy atom. The monoisotopic (exact) mass is 470 g/mol. The van der Waals surface area contributed by atoms with Gasteiger partial charge >= 0.3 is 0 Å². The Morgan fingerprint density at radius 1 is 1.19 bits per heavy atom. The van der Waals surface area contributed by atoms with Gasteiger partial charge in [0.1, 0.15) is 5.82 Å². The number of nitrogens with zero attached hydrogens (tertiary/aromatic N) is 2. The van der Waals surface area contributed by atoms with Crippen molar-refractivity contribution in [1.82, 2.24) is 15.3 Å². The molecule has 7 nitrogen and oxygen atoms in total. The van der Waals surface area contributed by atoms with Crippen LogP contribution in [-0.4, -0.2) is 27.9 Å². The number of nitrogen functional groups attached to an aromatic ring is 1. The average Bonchev–Trinajstić information content (AvgIpc) is 3.25. The van der Waals surface area contributed by atoms with Crippen molar-refractivity contribution < 1.29 is 14.3 Å². The van der Waals surface area contributed by atoms with Crippen LogP contribution in [0.25, 0.3) is 11.1 Å². The Labute approximate surface area is 195 Å². The Morgan fingerprint density at radius 2 is 1.94 bits per heavy atom. The van der Waals surface area contributed by atoms with Crippen LogP contribution in [0.15, 0.2) is 47.6 Å². The summed E-state index contributed by atoms with van der Waals surface area (Å²) < 4.78 is 10.7. The van der Waals surface area contributed by atoms with Crippen LogP contribution < -0.4 is 20.5 Å². The summed E-state index contributed by atoms with van der Waals surface area (Å²) in [7, 11) is 0. The third-order valence-corrected chi connectivity index (χ3v) is 6.23. The minimum absolute atomic E-state index is 0.116. The molecule has 0 bridgehead atoms. The van der Waals surface area contributed by atoms with Gasteiger partial charge in [-0.2, -0.15) is 0 Å². The number of carbonyl (C=O) groups excluding carboxylic acids is 1. The van der Waals surface area contributed by atoms with Gasteiger partial charge in [0, 0.05) is 17.1 Å². The van der Waals surface area contributed by atoms with Gasteiger partial charge in [-0.15, -0.1) is 0 Å². The first-order chi connectivity index (χ1) is 15.4. The van der Waals surface area contributed by atoms with Crippen molar-refractivity contribution in [3.63, 3.8) is 0 Å². The largest absolute Gasteiger partial charge is 0.454 e. The number of hydrogen-bond donors (Lipinski definition) is 2. The molecule has 9 heteroatoms. The molecule has 4 rings (SSSR count). The molecule has 1 aliphatic rings. The number of nitrogens with one attached hydrogen (secondary N) is 1. The number of anilines is 1. The number of rotatable bonds is 7. The molecule has 1 amide bonds. The normalized spacial score (nSPS) is 13.1. The van der Waals surface area contributed by atoms with Gasteiger partial charge < -0.3 is 20.5 Å². The first-order valence-electron chi connectivity index (χ1n) is 10.2. The molecule has 0 aliphatic carbocycles. The highest BCUT2D eigenvalue weighted by Crippen LogP contribution is 2.33. The molecular formula is C23H23ClN4O3S. The number of aromatic nitrogens is 2. The van der Waals surface area contributed by atoms with E-state index in [0.717, 1.165) is 22.4 Å². The van der Waals surface area contributed by atoms with Crippen molar-refractivity contribution in [3.05, 3.63) is 58.7 Å². The maximum absolute atomic E-state index is 12.6. The molecule has 0 radical (unpaired) electrons. The van der Waals surface area contributed by atoms with Crippen LogP contribution in [0.2, 0.25) is 5.02 Å². The van der Waals surface area contributed by atoms with Crippen molar-refractivity contribution in [2.75, 3.05) is 12.5 Å². The predicted molar refractivity (Wildman–Crippen MR) is 126 cm³/mol. The van der Waals surface area contributed by atoms with Crippen LogP contribution in [0.1, 0.15) is 25.1 Å². The predicted octanol–water partition coefficient (Wildman–Crippen LogP) is 4.47. The molecule has 1 aliphatic heterocycles. The van der Waals surface area contributed by atoms with Crippen LogP contribution in [-0.2, 0) is 17.8 Å². The number of aryl methyl sites for hydroxylation is 1. The quantitative estimate of drug-likeness (QED) is 0.388. The van der Waals surface area contributed by atoms with Crippen LogP contribution in [0, 0.1) is 0 Å². The van der Waals surface area contributed by atoms with Gasteiger partial charge in [-0.3, -0.25) is 4.79 Å². The van der Waals surface area contributed by atoms with Gasteiger partial charge in [-0.05, 0) is 48.7 Å². The fraction of sp³-hybridized carbons (Fsp3) is 0.261. The third-order valence-electron chi connectivity index (χ3n) is 5.01. The minimum atomic E-state index is -0.394. The van der Waals surface area contributed by atoms with Crippen LogP contribution >= 0.6 is 23.4 Å². The van der Waals surface area contributed by atoms with Crippen molar-refractivity contribution in [2.24, 2.45) is 0 Å². The number of benzene rings is 2. The Bertz CT molecular complexity index is 1140. The maximum atomic E-state index is 12.6. The Balaban J connectivity index is 1.43. The molecule has 1 aromatic heterocycles. The van der Waals surface area contributed by atoms with Gasteiger partial charge in [0.15, 0.2) is 16.7 Å². The molecule has 166 valence electrons. The third kappa shape index (κ3) is 4.92. The SMILES string of the molecule is CCc1nc(SC(C)C(=O)NCc2ccc3c(c2)OCO3)nc(N)c1-c1ccc(Cl)cc1. The number of carbonyl (C=O) groups is 1. The second-order valence-corrected chi connectivity index (χ2v) is 8.98. The van der Waals surface area contributed by atoms with Gasteiger partial charge in [0.05, 0.1) is 10.9 Å². The lowest BCUT2D eigenvalue weighted by Gasteiger charge is -2.15. The van der Waals surface area contributed by atoms with E-state index in [4.69, 9.17) is 26.8 Å². The van der Waals surface area contributed by atoms with E-state index in [1.807, 2.05) is 56.3 Å². The second kappa shape index (κ2) is 9.67. The molecule has 2 heterocycles. The zero-order chi connectivity index (χ0) is 22.7. The highest BCUT2D eigenvalue weighted by Gasteiger charge is 2.20. The van der Waals surface area contributed by atoms with Crippen LogP contribution in [0.3, 0.4) is 0 Å². The smallest absolute Gasteiger partial charge is 0.233 e. The zero-order valence-corrected chi connectivity index (χ0v) is 19.3. The van der Waals surface area contributed by atoms with Crippen LogP contribution in [0.4, 0.5) is 5.82 Å². The summed E-state index contributed by atoms with van der Waals surface area (Å²) in [6, 6.07) is 13.0. The molecule has 0 fully saturated rings. The minimum Gasteiger partial charge on any atom is -0.454 e. The first-order valence-corrected chi connectivity index (χ1v) is 11.5. The number of fused-ring (bicyclic) bond motifs is 1. The molecule has 2 aromatic carbocycles. The average molecular weight is 471 g/mol. The number of nitrogens with two attached hydrogens (primary N) is 1. The van der Waals surface area contributed by atoms with Crippen LogP contribution in [0.5, 0.6) is 11.5 Å². The molecule has 3 N–H and O–H groups in total. The molecule has 3 aromatic rings. The van der Waals surface area contributed by atoms with E-state index in [0.29, 0.717) is 40.5 Å². The van der Waals surface area contributed by atoms with Crippen molar-refractivity contribution in [1.29, 1.82) is 0 Å². The highest BCUT2D eigenvalue weighted by atomic mass is 35.5. The highest BCUT2D eigenvalue weighted by molar-refractivity contribution is 8.00. The van der Waals surface area contributed by atoms with Crippen molar-refractivity contribution in [2.45, 2.75) is 37.2 Å². The first kappa shape index (κ1) is 22.2. The number of thioether (sulfide) groups is 1. The fourth-order valence-electron chi connectivity index (χ4n) is 3.34. The summed E-state index contributed by atoms with van der Waals surface area (Å²) in [6.07, 6.45) is 0.683. The summed E-state index contributed by atoms with van der Waals surface area (Å²) in [6.45, 7) is 4.44. The maximum Gasteiger partial charge on any atom is 0.233 e. The number of amides is 1. The number of ether oxygens (including phenoxy) is 2. The topological polar surface area (TPSA) is 99.4 Å². The molecule has 0 saturated heterocycles. The summed E-state index contributed by atoms with van der Waals surface area (Å²) in [5, 5.41) is 3.67. The van der Waals surface area contributed by atoms with E-state index in [9.17, 15) is 4.79 Å². The molecule has 0 saturated carbocycles. The Hall–Kier alpha value is -2.97. The lowest BCUT2D eigenvalue weighted by Crippen LogP contribution is -2.30. The number of halogens is 1. The van der Waals surface area contributed by atoms with Gasteiger partial charge in [-0.1, -0.05) is 48.5 Å². The standard InChI is InChI=1S/C23H23ClN4O3S/c1-3-17-20(15-5-7-16(24)8-6-15)21(25)28-23(27-17)32-13(2)22(29)26-11-14-4-9-18-19(10-14)31-12-30-18/h4-10,13H,3,11-12H2,1-2H3,(H,26,29)(H2,25,27,28). The van der Waals surface area contributed by atoms with E-state index >= 15 is 0 Å². The van der Waals surface area contributed by atoms with E-state index < -0.39 is 5.25 Å². The molecular weight excluding hydrogens is 448 g/mol. The summed E-state index contributed by atoms with van der Waals surface area (Å²) in [5.41, 5.74) is 9.75. The van der Waals surface area contributed by atoms with Gasteiger partial charge in [0.25, 0.3) is 0 Å². The fourth-order valence-corrected chi connectivity index (χ4v) is 4.28. The van der Waals surface area contributed by atoms with Gasteiger partial charge in [-0.25, -0.2) is 9.97 Å². The molecule has 1 unspecified atom stereocenters. The second-order valence-electron chi connectivity index (χ2n) is 7.24. The Kier molecular flexibility index (Phi) is 6.72. The summed E-state index contributed by atoms with van der Waals surface area (Å²) in [5.74, 6) is 1.67. The summed E-state index contributed by atoms with van der Waals surface area (Å²) in [4.78, 5) is 21.7. The van der Waals surface area contributed by atoms with E-state index in [-0.39, 0.29) is 12.7 Å². The molecule has 0 spiro atoms. The lowest BCUT2D eigenvalue weighted by atomic mass is 10.0. The summed E-state index contributed by atoms with van der Waals surface area (Å²) >= 11 is 7.28. The molecule has 1 atom stereocenters. The van der Waals surface area contributed by atoms with E-state index in [2.05, 4.69) is 15.3 Å².